The van der Waals surface area contributed by atoms with E-state index in [0.29, 0.717) is 17.7 Å². The van der Waals surface area contributed by atoms with E-state index in [2.05, 4.69) is 20.7 Å². The predicted molar refractivity (Wildman–Crippen MR) is 127 cm³/mol. The number of nitrogens with zero attached hydrogens (tertiary/aromatic N) is 3. The molecule has 1 aliphatic rings. The maximum atomic E-state index is 13.5. The van der Waals surface area contributed by atoms with Gasteiger partial charge in [-0.05, 0) is 57.0 Å². The van der Waals surface area contributed by atoms with E-state index in [-0.39, 0.29) is 39.9 Å². The number of aromatic nitrogens is 3. The van der Waals surface area contributed by atoms with E-state index >= 15 is 0 Å². The second kappa shape index (κ2) is 9.61. The van der Waals surface area contributed by atoms with Gasteiger partial charge in [-0.15, -0.1) is 0 Å². The lowest BCUT2D eigenvalue weighted by atomic mass is 9.99. The van der Waals surface area contributed by atoms with Crippen molar-refractivity contribution in [2.75, 3.05) is 5.32 Å². The van der Waals surface area contributed by atoms with Crippen LogP contribution in [-0.4, -0.2) is 38.7 Å². The summed E-state index contributed by atoms with van der Waals surface area (Å²) in [5.74, 6) is -0.768. The summed E-state index contributed by atoms with van der Waals surface area (Å²) < 4.78 is 33.8. The van der Waals surface area contributed by atoms with Gasteiger partial charge in [-0.25, -0.2) is 18.4 Å². The summed E-state index contributed by atoms with van der Waals surface area (Å²) in [5, 5.41) is 9.52. The van der Waals surface area contributed by atoms with E-state index in [9.17, 15) is 18.4 Å². The molecule has 184 valence electrons. The van der Waals surface area contributed by atoms with Crippen molar-refractivity contribution < 1.29 is 23.1 Å². The van der Waals surface area contributed by atoms with Crippen LogP contribution in [0.2, 0.25) is 5.02 Å². The maximum absolute atomic E-state index is 13.5. The van der Waals surface area contributed by atoms with Gasteiger partial charge in [-0.1, -0.05) is 17.7 Å². The van der Waals surface area contributed by atoms with Crippen LogP contribution in [0.15, 0.2) is 30.5 Å². The molecule has 2 N–H and O–H groups in total. The second-order valence-corrected chi connectivity index (χ2v) is 9.03. The van der Waals surface area contributed by atoms with Gasteiger partial charge in [0.2, 0.25) is 0 Å². The van der Waals surface area contributed by atoms with Gasteiger partial charge in [0.15, 0.2) is 5.82 Å². The Labute approximate surface area is 205 Å². The lowest BCUT2D eigenvalue weighted by Crippen LogP contribution is -2.32. The highest BCUT2D eigenvalue weighted by Crippen LogP contribution is 2.39. The molecule has 0 saturated heterocycles. The SMILES string of the molecule is Cc1cc2c(c(C(=O)NC(C)C)c1NC(=O)c1cc(C(F)F)nn1-c1ncccc1Cl)OC(C)C2. The molecular weight excluding hydrogens is 480 g/mol. The van der Waals surface area contributed by atoms with Gasteiger partial charge in [0, 0.05) is 18.7 Å². The van der Waals surface area contributed by atoms with Gasteiger partial charge in [-0.2, -0.15) is 5.10 Å². The topological polar surface area (TPSA) is 98.1 Å². The van der Waals surface area contributed by atoms with Crippen molar-refractivity contribution in [3.63, 3.8) is 0 Å². The Morgan fingerprint density at radius 1 is 1.26 bits per heavy atom. The fraction of sp³-hybridized carbons (Fsp3) is 0.333. The van der Waals surface area contributed by atoms with E-state index in [0.717, 1.165) is 16.3 Å². The van der Waals surface area contributed by atoms with Gasteiger partial charge in [0.1, 0.15) is 28.8 Å². The Balaban J connectivity index is 1.81. The number of carbonyl (C=O) groups is 2. The number of halogens is 3. The molecule has 4 rings (SSSR count). The maximum Gasteiger partial charge on any atom is 0.282 e. The number of hydrogen-bond donors (Lipinski definition) is 2. The Hall–Kier alpha value is -3.53. The van der Waals surface area contributed by atoms with E-state index in [4.69, 9.17) is 16.3 Å². The lowest BCUT2D eigenvalue weighted by Gasteiger charge is -2.19. The molecular formula is C24H24ClF2N5O3. The first-order chi connectivity index (χ1) is 16.6. The number of rotatable bonds is 6. The molecule has 2 aromatic heterocycles. The number of fused-ring (bicyclic) bond motifs is 1. The van der Waals surface area contributed by atoms with Crippen LogP contribution in [0.25, 0.3) is 5.82 Å². The molecule has 2 amide bonds. The molecule has 1 unspecified atom stereocenters. The minimum atomic E-state index is -2.92. The van der Waals surface area contributed by atoms with Crippen LogP contribution in [0.5, 0.6) is 5.75 Å². The molecule has 0 spiro atoms. The number of alkyl halides is 2. The van der Waals surface area contributed by atoms with Gasteiger partial charge in [0.25, 0.3) is 18.2 Å². The van der Waals surface area contributed by atoms with Crippen molar-refractivity contribution in [3.8, 4) is 11.6 Å². The molecule has 0 saturated carbocycles. The average molecular weight is 504 g/mol. The van der Waals surface area contributed by atoms with Crippen LogP contribution in [-0.2, 0) is 6.42 Å². The van der Waals surface area contributed by atoms with Crippen molar-refractivity contribution in [1.82, 2.24) is 20.1 Å². The first-order valence-corrected chi connectivity index (χ1v) is 11.4. The number of pyridine rings is 1. The van der Waals surface area contributed by atoms with Gasteiger partial charge in [0.05, 0.1) is 10.7 Å². The fourth-order valence-electron chi connectivity index (χ4n) is 3.96. The summed E-state index contributed by atoms with van der Waals surface area (Å²) in [4.78, 5) is 30.6. The van der Waals surface area contributed by atoms with Crippen LogP contribution in [0.1, 0.15) is 64.9 Å². The zero-order valence-corrected chi connectivity index (χ0v) is 20.3. The molecule has 1 aliphatic heterocycles. The van der Waals surface area contributed by atoms with E-state index in [1.807, 2.05) is 26.8 Å². The third-order valence-corrected chi connectivity index (χ3v) is 5.68. The Morgan fingerprint density at radius 3 is 2.66 bits per heavy atom. The summed E-state index contributed by atoms with van der Waals surface area (Å²) in [6.07, 6.45) is -1.03. The Kier molecular flexibility index (Phi) is 6.75. The average Bonchev–Trinajstić information content (AvgIpc) is 3.37. The zero-order valence-electron chi connectivity index (χ0n) is 19.5. The van der Waals surface area contributed by atoms with Crippen molar-refractivity contribution in [2.24, 2.45) is 0 Å². The summed E-state index contributed by atoms with van der Waals surface area (Å²) >= 11 is 6.19. The molecule has 3 heterocycles. The zero-order chi connectivity index (χ0) is 25.4. The highest BCUT2D eigenvalue weighted by Gasteiger charge is 2.31. The fourth-order valence-corrected chi connectivity index (χ4v) is 4.16. The number of hydrogen-bond acceptors (Lipinski definition) is 5. The molecule has 1 atom stereocenters. The molecule has 3 aromatic rings. The Morgan fingerprint density at radius 2 is 2.00 bits per heavy atom. The second-order valence-electron chi connectivity index (χ2n) is 8.62. The normalized spacial score (nSPS) is 14.7. The summed E-state index contributed by atoms with van der Waals surface area (Å²) in [6, 6.07) is 5.73. The van der Waals surface area contributed by atoms with E-state index in [1.165, 1.54) is 12.3 Å². The Bertz CT molecular complexity index is 1310. The molecule has 0 bridgehead atoms. The van der Waals surface area contributed by atoms with Crippen molar-refractivity contribution in [1.29, 1.82) is 0 Å². The number of carbonyl (C=O) groups excluding carboxylic acids is 2. The molecule has 0 radical (unpaired) electrons. The third kappa shape index (κ3) is 4.84. The lowest BCUT2D eigenvalue weighted by molar-refractivity contribution is 0.0939. The number of nitrogens with one attached hydrogen (secondary N) is 2. The van der Waals surface area contributed by atoms with E-state index < -0.39 is 23.9 Å². The number of ether oxygens (including phenoxy) is 1. The number of amides is 2. The first kappa shape index (κ1) is 24.6. The van der Waals surface area contributed by atoms with Crippen LogP contribution >= 0.6 is 11.6 Å². The molecule has 0 fully saturated rings. The first-order valence-electron chi connectivity index (χ1n) is 11.0. The van der Waals surface area contributed by atoms with Gasteiger partial charge < -0.3 is 15.4 Å². The minimum absolute atomic E-state index is 0.0202. The molecule has 0 aliphatic carbocycles. The standard InChI is InChI=1S/C24H24ClF2N5O3/c1-11(2)29-24(34)18-19(12(3)8-14-9-13(4)35-20(14)18)30-23(33)17-10-16(21(26)27)31-32(17)22-15(25)6-5-7-28-22/h5-8,10-11,13,21H,9H2,1-4H3,(H,29,34)(H,30,33). The quantitative estimate of drug-likeness (QED) is 0.499. The van der Waals surface area contributed by atoms with Crippen molar-refractivity contribution >= 4 is 29.1 Å². The largest absolute Gasteiger partial charge is 0.489 e. The highest BCUT2D eigenvalue weighted by molar-refractivity contribution is 6.32. The van der Waals surface area contributed by atoms with Gasteiger partial charge >= 0.3 is 0 Å². The molecule has 35 heavy (non-hydrogen) atoms. The van der Waals surface area contributed by atoms with Crippen LogP contribution < -0.4 is 15.4 Å². The summed E-state index contributed by atoms with van der Waals surface area (Å²) in [6.45, 7) is 7.27. The molecule has 8 nitrogen and oxygen atoms in total. The van der Waals surface area contributed by atoms with E-state index in [1.54, 1.807) is 13.0 Å². The summed E-state index contributed by atoms with van der Waals surface area (Å²) in [5.41, 5.74) is 1.05. The van der Waals surface area contributed by atoms with Crippen LogP contribution in [0.4, 0.5) is 14.5 Å². The molecule has 1 aromatic carbocycles. The predicted octanol–water partition coefficient (Wildman–Crippen LogP) is 4.88. The number of benzene rings is 1. The summed E-state index contributed by atoms with van der Waals surface area (Å²) in [7, 11) is 0. The van der Waals surface area contributed by atoms with Crippen molar-refractivity contribution in [2.45, 2.75) is 52.7 Å². The number of aryl methyl sites for hydroxylation is 1. The monoisotopic (exact) mass is 503 g/mol. The highest BCUT2D eigenvalue weighted by atomic mass is 35.5. The molecule has 11 heteroatoms. The third-order valence-electron chi connectivity index (χ3n) is 5.39. The minimum Gasteiger partial charge on any atom is -0.489 e. The van der Waals surface area contributed by atoms with Crippen molar-refractivity contribution in [3.05, 3.63) is 63.6 Å². The van der Waals surface area contributed by atoms with Crippen LogP contribution in [0.3, 0.4) is 0 Å². The number of anilines is 1. The smallest absolute Gasteiger partial charge is 0.282 e. The van der Waals surface area contributed by atoms with Crippen LogP contribution in [0, 0.1) is 6.92 Å². The van der Waals surface area contributed by atoms with Gasteiger partial charge in [-0.3, -0.25) is 9.59 Å².